The first-order valence-electron chi connectivity index (χ1n) is 13.6. The number of hydrogen-bond donors (Lipinski definition) is 1. The predicted molar refractivity (Wildman–Crippen MR) is 161 cm³/mol. The molecule has 0 atom stereocenters. The van der Waals surface area contributed by atoms with E-state index in [9.17, 15) is 9.59 Å². The van der Waals surface area contributed by atoms with Gasteiger partial charge in [0.15, 0.2) is 0 Å². The summed E-state index contributed by atoms with van der Waals surface area (Å²) in [7, 11) is 1.65. The number of thioether (sulfide) groups is 1. The zero-order valence-electron chi connectivity index (χ0n) is 22.5. The Kier molecular flexibility index (Phi) is 11.4. The Morgan fingerprint density at radius 3 is 2.40 bits per heavy atom. The molecule has 0 unspecified atom stereocenters. The SMILES string of the molecule is Cn1nc(Cc2nnc(SCCCCCCCCCCC(=O)Nc3ccc(Cl)cc3Cl)o2)c2ccccc2c1=O. The molecule has 212 valence electrons. The summed E-state index contributed by atoms with van der Waals surface area (Å²) in [6.45, 7) is 0. The Balaban J connectivity index is 1.05. The molecule has 1 amide bonds. The summed E-state index contributed by atoms with van der Waals surface area (Å²) in [4.78, 5) is 24.4. The van der Waals surface area contributed by atoms with Crippen molar-refractivity contribution in [3.63, 3.8) is 0 Å². The molecular formula is C29H33Cl2N5O3S. The minimum absolute atomic E-state index is 0.0211. The Morgan fingerprint density at radius 2 is 1.65 bits per heavy atom. The first-order chi connectivity index (χ1) is 19.4. The second kappa shape index (κ2) is 15.2. The lowest BCUT2D eigenvalue weighted by atomic mass is 10.1. The second-order valence-electron chi connectivity index (χ2n) is 9.66. The van der Waals surface area contributed by atoms with Crippen LogP contribution in [0.3, 0.4) is 0 Å². The zero-order chi connectivity index (χ0) is 28.3. The molecule has 0 aliphatic heterocycles. The molecule has 8 nitrogen and oxygen atoms in total. The first kappa shape index (κ1) is 30.1. The van der Waals surface area contributed by atoms with Crippen LogP contribution in [0, 0.1) is 0 Å². The number of anilines is 1. The number of aromatic nitrogens is 4. The van der Waals surface area contributed by atoms with E-state index in [2.05, 4.69) is 20.6 Å². The van der Waals surface area contributed by atoms with Gasteiger partial charge in [-0.2, -0.15) is 5.10 Å². The third kappa shape index (κ3) is 8.81. The summed E-state index contributed by atoms with van der Waals surface area (Å²) < 4.78 is 7.17. The molecule has 40 heavy (non-hydrogen) atoms. The fraction of sp³-hybridized carbons (Fsp3) is 0.414. The van der Waals surface area contributed by atoms with Gasteiger partial charge < -0.3 is 9.73 Å². The van der Waals surface area contributed by atoms with E-state index in [4.69, 9.17) is 27.6 Å². The molecule has 0 fully saturated rings. The fourth-order valence-electron chi connectivity index (χ4n) is 4.43. The lowest BCUT2D eigenvalue weighted by Gasteiger charge is -2.07. The highest BCUT2D eigenvalue weighted by molar-refractivity contribution is 7.99. The van der Waals surface area contributed by atoms with Gasteiger partial charge in [0.2, 0.25) is 11.8 Å². The van der Waals surface area contributed by atoms with Crippen LogP contribution in [-0.2, 0) is 18.3 Å². The fourth-order valence-corrected chi connectivity index (χ4v) is 5.66. The van der Waals surface area contributed by atoms with E-state index >= 15 is 0 Å². The van der Waals surface area contributed by atoms with Crippen LogP contribution in [0.15, 0.2) is 56.9 Å². The number of hydrogen-bond acceptors (Lipinski definition) is 7. The van der Waals surface area contributed by atoms with E-state index in [-0.39, 0.29) is 11.5 Å². The lowest BCUT2D eigenvalue weighted by Crippen LogP contribution is -2.21. The van der Waals surface area contributed by atoms with Crippen LogP contribution in [0.4, 0.5) is 5.69 Å². The number of aryl methyl sites for hydroxylation is 1. The third-order valence-corrected chi connectivity index (χ3v) is 7.98. The number of nitrogens with zero attached hydrogens (tertiary/aromatic N) is 4. The molecule has 2 heterocycles. The Morgan fingerprint density at radius 1 is 0.950 bits per heavy atom. The summed E-state index contributed by atoms with van der Waals surface area (Å²) in [5.41, 5.74) is 1.22. The Bertz CT molecular complexity index is 1490. The first-order valence-corrected chi connectivity index (χ1v) is 15.3. The van der Waals surface area contributed by atoms with Crippen LogP contribution in [0.1, 0.15) is 69.4 Å². The van der Waals surface area contributed by atoms with Crippen molar-refractivity contribution < 1.29 is 9.21 Å². The molecule has 0 radical (unpaired) electrons. The molecular weight excluding hydrogens is 569 g/mol. The summed E-state index contributed by atoms with van der Waals surface area (Å²) in [6, 6.07) is 12.5. The van der Waals surface area contributed by atoms with Crippen LogP contribution in [-0.4, -0.2) is 31.6 Å². The molecule has 0 aliphatic carbocycles. The van der Waals surface area contributed by atoms with Crippen molar-refractivity contribution in [2.75, 3.05) is 11.1 Å². The molecule has 0 saturated heterocycles. The maximum atomic E-state index is 12.3. The maximum absolute atomic E-state index is 12.3. The molecule has 0 saturated carbocycles. The van der Waals surface area contributed by atoms with Gasteiger partial charge in [0.25, 0.3) is 10.8 Å². The maximum Gasteiger partial charge on any atom is 0.276 e. The van der Waals surface area contributed by atoms with E-state index in [1.807, 2.05) is 18.2 Å². The van der Waals surface area contributed by atoms with Gasteiger partial charge in [-0.05, 0) is 37.1 Å². The van der Waals surface area contributed by atoms with Gasteiger partial charge in [0, 0.05) is 29.6 Å². The molecule has 2 aromatic carbocycles. The number of fused-ring (bicyclic) bond motifs is 1. The van der Waals surface area contributed by atoms with Crippen molar-refractivity contribution >= 4 is 57.3 Å². The van der Waals surface area contributed by atoms with E-state index in [0.29, 0.717) is 45.1 Å². The normalized spacial score (nSPS) is 11.3. The van der Waals surface area contributed by atoms with E-state index in [1.165, 1.54) is 23.9 Å². The van der Waals surface area contributed by atoms with E-state index in [1.54, 1.807) is 43.1 Å². The average molecular weight is 603 g/mol. The van der Waals surface area contributed by atoms with Gasteiger partial charge in [-0.25, -0.2) is 4.68 Å². The monoisotopic (exact) mass is 601 g/mol. The smallest absolute Gasteiger partial charge is 0.276 e. The minimum Gasteiger partial charge on any atom is -0.416 e. The lowest BCUT2D eigenvalue weighted by molar-refractivity contribution is -0.116. The number of benzene rings is 2. The van der Waals surface area contributed by atoms with Gasteiger partial charge in [-0.15, -0.1) is 10.2 Å². The quantitative estimate of drug-likeness (QED) is 0.111. The van der Waals surface area contributed by atoms with Crippen molar-refractivity contribution in [2.45, 2.75) is 69.4 Å². The molecule has 1 N–H and O–H groups in total. The summed E-state index contributed by atoms with van der Waals surface area (Å²) in [5, 5.41) is 18.6. The average Bonchev–Trinajstić information content (AvgIpc) is 3.39. The van der Waals surface area contributed by atoms with Gasteiger partial charge >= 0.3 is 0 Å². The van der Waals surface area contributed by atoms with Crippen molar-refractivity contribution in [3.05, 3.63) is 74.4 Å². The number of amides is 1. The Labute approximate surface area is 247 Å². The molecule has 0 aliphatic rings. The standard InChI is InChI=1S/C29H33Cl2N5O3S/c1-36-28(38)22-13-10-9-12-21(22)25(35-36)19-27-33-34-29(39-27)40-17-11-7-5-3-2-4-6-8-14-26(37)32-24-16-15-20(30)18-23(24)31/h9-10,12-13,15-16,18H,2-8,11,14,17,19H2,1H3,(H,32,37). The molecule has 2 aromatic heterocycles. The molecule has 4 rings (SSSR count). The largest absolute Gasteiger partial charge is 0.416 e. The van der Waals surface area contributed by atoms with Gasteiger partial charge in [-0.1, -0.05) is 91.7 Å². The van der Waals surface area contributed by atoms with Gasteiger partial charge in [0.05, 0.1) is 28.2 Å². The van der Waals surface area contributed by atoms with E-state index in [0.717, 1.165) is 48.9 Å². The number of rotatable bonds is 15. The summed E-state index contributed by atoms with van der Waals surface area (Å²) in [6.07, 6.45) is 9.73. The highest BCUT2D eigenvalue weighted by Gasteiger charge is 2.13. The number of unbranched alkanes of at least 4 members (excludes halogenated alkanes) is 7. The second-order valence-corrected chi connectivity index (χ2v) is 11.5. The third-order valence-electron chi connectivity index (χ3n) is 6.53. The van der Waals surface area contributed by atoms with Crippen molar-refractivity contribution in [2.24, 2.45) is 7.05 Å². The number of nitrogens with one attached hydrogen (secondary N) is 1. The van der Waals surface area contributed by atoms with Crippen molar-refractivity contribution in [3.8, 4) is 0 Å². The Hall–Kier alpha value is -2.88. The summed E-state index contributed by atoms with van der Waals surface area (Å²) in [5.74, 6) is 1.40. The number of halogens is 2. The van der Waals surface area contributed by atoms with Crippen molar-refractivity contribution in [1.82, 2.24) is 20.0 Å². The predicted octanol–water partition coefficient (Wildman–Crippen LogP) is 7.46. The van der Waals surface area contributed by atoms with Crippen LogP contribution in [0.2, 0.25) is 10.0 Å². The zero-order valence-corrected chi connectivity index (χ0v) is 24.8. The molecule has 0 spiro atoms. The topological polar surface area (TPSA) is 103 Å². The highest BCUT2D eigenvalue weighted by Crippen LogP contribution is 2.26. The van der Waals surface area contributed by atoms with Gasteiger partial charge in [-0.3, -0.25) is 9.59 Å². The molecule has 4 aromatic rings. The number of carbonyl (C=O) groups excluding carboxylic acids is 1. The highest BCUT2D eigenvalue weighted by atomic mass is 35.5. The summed E-state index contributed by atoms with van der Waals surface area (Å²) >= 11 is 13.6. The van der Waals surface area contributed by atoms with Gasteiger partial charge in [0.1, 0.15) is 0 Å². The van der Waals surface area contributed by atoms with Crippen LogP contribution in [0.5, 0.6) is 0 Å². The van der Waals surface area contributed by atoms with E-state index < -0.39 is 0 Å². The van der Waals surface area contributed by atoms with Crippen molar-refractivity contribution in [1.29, 1.82) is 0 Å². The molecule has 0 bridgehead atoms. The van der Waals surface area contributed by atoms with Crippen LogP contribution in [0.25, 0.3) is 10.8 Å². The molecule has 11 heteroatoms. The minimum atomic E-state index is -0.123. The number of carbonyl (C=O) groups is 1. The van der Waals surface area contributed by atoms with Crippen LogP contribution >= 0.6 is 35.0 Å². The van der Waals surface area contributed by atoms with Crippen LogP contribution < -0.4 is 10.9 Å².